The second-order valence-corrected chi connectivity index (χ2v) is 1.89. The normalized spacial score (nSPS) is 9.00. The van der Waals surface area contributed by atoms with Crippen molar-refractivity contribution in [1.82, 2.24) is 4.98 Å². The lowest BCUT2D eigenvalue weighted by molar-refractivity contribution is 1.37. The van der Waals surface area contributed by atoms with Crippen molar-refractivity contribution in [2.75, 3.05) is 0 Å². The van der Waals surface area contributed by atoms with Crippen molar-refractivity contribution in [2.45, 2.75) is 0 Å². The number of nitrogens with one attached hydrogen (secondary N) is 1. The molecule has 0 amide bonds. The number of rotatable bonds is 1. The van der Waals surface area contributed by atoms with Crippen LogP contribution < -0.4 is 5.73 Å². The first-order valence-electron chi connectivity index (χ1n) is 2.24. The second kappa shape index (κ2) is 1.96. The number of hydrogen-bond donors (Lipinski definition) is 2. The zero-order valence-corrected chi connectivity index (χ0v) is 5.03. The molecule has 2 nitrogen and oxygen atoms in total. The highest BCUT2D eigenvalue weighted by molar-refractivity contribution is 7.80. The van der Waals surface area contributed by atoms with Gasteiger partial charge in [-0.3, -0.25) is 0 Å². The Bertz CT molecular complexity index is 178. The van der Waals surface area contributed by atoms with Gasteiger partial charge in [0.1, 0.15) is 4.99 Å². The van der Waals surface area contributed by atoms with E-state index < -0.39 is 0 Å². The summed E-state index contributed by atoms with van der Waals surface area (Å²) in [7, 11) is 0. The molecule has 0 spiro atoms. The van der Waals surface area contributed by atoms with Crippen LogP contribution in [0.25, 0.3) is 0 Å². The summed E-state index contributed by atoms with van der Waals surface area (Å²) in [5.74, 6) is 0. The van der Waals surface area contributed by atoms with Crippen LogP contribution in [0.15, 0.2) is 18.3 Å². The molecule has 0 aliphatic carbocycles. The van der Waals surface area contributed by atoms with E-state index in [1.807, 2.05) is 12.1 Å². The number of thiocarbonyl (C=S) groups is 1. The van der Waals surface area contributed by atoms with Gasteiger partial charge >= 0.3 is 0 Å². The molecule has 1 rings (SSSR count). The Morgan fingerprint density at radius 3 is 2.75 bits per heavy atom. The average Bonchev–Trinajstić information content (AvgIpc) is 2.12. The van der Waals surface area contributed by atoms with E-state index in [0.29, 0.717) is 4.99 Å². The molecule has 1 heterocycles. The fourth-order valence-corrected chi connectivity index (χ4v) is 0.611. The molecular weight excluding hydrogens is 120 g/mol. The van der Waals surface area contributed by atoms with E-state index >= 15 is 0 Å². The predicted octanol–water partition coefficient (Wildman–Crippen LogP) is 0.649. The monoisotopic (exact) mass is 126 g/mol. The summed E-state index contributed by atoms with van der Waals surface area (Å²) >= 11 is 4.66. The summed E-state index contributed by atoms with van der Waals surface area (Å²) in [4.78, 5) is 3.28. The number of hydrogen-bond acceptors (Lipinski definition) is 1. The van der Waals surface area contributed by atoms with E-state index in [4.69, 9.17) is 5.73 Å². The molecule has 0 bridgehead atoms. The molecular formula is C5H6N2S. The summed E-state index contributed by atoms with van der Waals surface area (Å²) in [6, 6.07) is 3.69. The topological polar surface area (TPSA) is 41.8 Å². The van der Waals surface area contributed by atoms with E-state index in [1.165, 1.54) is 0 Å². The van der Waals surface area contributed by atoms with E-state index in [2.05, 4.69) is 17.2 Å². The number of H-pyrrole nitrogens is 1. The lowest BCUT2D eigenvalue weighted by Crippen LogP contribution is -2.08. The van der Waals surface area contributed by atoms with Gasteiger partial charge in [-0.25, -0.2) is 0 Å². The molecule has 0 atom stereocenters. The van der Waals surface area contributed by atoms with Crippen LogP contribution in [-0.2, 0) is 0 Å². The first-order chi connectivity index (χ1) is 3.80. The minimum absolute atomic E-state index is 0.412. The minimum Gasteiger partial charge on any atom is -0.388 e. The Balaban J connectivity index is 2.93. The van der Waals surface area contributed by atoms with Crippen molar-refractivity contribution in [2.24, 2.45) is 5.73 Å². The molecule has 1 aromatic heterocycles. The van der Waals surface area contributed by atoms with Gasteiger partial charge in [0.15, 0.2) is 0 Å². The molecule has 0 aromatic carbocycles. The van der Waals surface area contributed by atoms with Gasteiger partial charge in [0.25, 0.3) is 0 Å². The highest BCUT2D eigenvalue weighted by Gasteiger charge is 1.90. The van der Waals surface area contributed by atoms with Crippen LogP contribution in [0.2, 0.25) is 0 Å². The highest BCUT2D eigenvalue weighted by atomic mass is 32.1. The van der Waals surface area contributed by atoms with Crippen molar-refractivity contribution in [1.29, 1.82) is 0 Å². The molecule has 0 aliphatic rings. The molecule has 0 fully saturated rings. The Hall–Kier alpha value is -0.830. The molecule has 0 saturated carbocycles. The third-order valence-corrected chi connectivity index (χ3v) is 1.08. The third-order valence-electron chi connectivity index (χ3n) is 0.863. The van der Waals surface area contributed by atoms with E-state index in [1.54, 1.807) is 6.20 Å². The van der Waals surface area contributed by atoms with Gasteiger partial charge in [-0.1, -0.05) is 12.2 Å². The van der Waals surface area contributed by atoms with Gasteiger partial charge < -0.3 is 10.7 Å². The quantitative estimate of drug-likeness (QED) is 0.542. The van der Waals surface area contributed by atoms with E-state index in [0.717, 1.165) is 5.69 Å². The molecule has 1 aromatic rings. The first kappa shape index (κ1) is 5.31. The Kier molecular flexibility index (Phi) is 1.30. The molecule has 3 N–H and O–H groups in total. The third kappa shape index (κ3) is 0.869. The van der Waals surface area contributed by atoms with Gasteiger partial charge in [0, 0.05) is 6.20 Å². The van der Waals surface area contributed by atoms with Gasteiger partial charge in [-0.2, -0.15) is 0 Å². The van der Waals surface area contributed by atoms with Crippen LogP contribution in [0, 0.1) is 0 Å². The highest BCUT2D eigenvalue weighted by Crippen LogP contribution is 1.91. The van der Waals surface area contributed by atoms with Crippen LogP contribution in [0.4, 0.5) is 0 Å². The summed E-state index contributed by atoms with van der Waals surface area (Å²) in [6.45, 7) is 0. The van der Waals surface area contributed by atoms with Crippen molar-refractivity contribution < 1.29 is 0 Å². The van der Waals surface area contributed by atoms with Crippen molar-refractivity contribution in [3.63, 3.8) is 0 Å². The maximum atomic E-state index is 5.26. The smallest absolute Gasteiger partial charge is 0.120 e. The number of aromatic nitrogens is 1. The lowest BCUT2D eigenvalue weighted by Gasteiger charge is -1.86. The molecule has 0 saturated heterocycles. The average molecular weight is 126 g/mol. The van der Waals surface area contributed by atoms with E-state index in [9.17, 15) is 0 Å². The predicted molar refractivity (Wildman–Crippen MR) is 36.7 cm³/mol. The Morgan fingerprint density at radius 2 is 2.50 bits per heavy atom. The molecule has 0 unspecified atom stereocenters. The largest absolute Gasteiger partial charge is 0.388 e. The Morgan fingerprint density at radius 1 is 1.75 bits per heavy atom. The van der Waals surface area contributed by atoms with Gasteiger partial charge in [-0.05, 0) is 12.1 Å². The lowest BCUT2D eigenvalue weighted by atomic mass is 10.4. The zero-order chi connectivity index (χ0) is 5.98. The molecule has 8 heavy (non-hydrogen) atoms. The Labute approximate surface area is 52.7 Å². The molecule has 0 radical (unpaired) electrons. The number of nitrogens with two attached hydrogens (primary N) is 1. The van der Waals surface area contributed by atoms with Gasteiger partial charge in [0.2, 0.25) is 0 Å². The minimum atomic E-state index is 0.412. The summed E-state index contributed by atoms with van der Waals surface area (Å²) in [5.41, 5.74) is 6.08. The SMILES string of the molecule is NC(=S)c1ccc[nH]1. The zero-order valence-electron chi connectivity index (χ0n) is 4.22. The maximum Gasteiger partial charge on any atom is 0.120 e. The van der Waals surface area contributed by atoms with Crippen molar-refractivity contribution in [3.8, 4) is 0 Å². The fraction of sp³-hybridized carbons (Fsp3) is 0. The van der Waals surface area contributed by atoms with Gasteiger partial charge in [-0.15, -0.1) is 0 Å². The van der Waals surface area contributed by atoms with Crippen LogP contribution in [0.1, 0.15) is 5.69 Å². The van der Waals surface area contributed by atoms with Crippen LogP contribution >= 0.6 is 12.2 Å². The van der Waals surface area contributed by atoms with Gasteiger partial charge in [0.05, 0.1) is 5.69 Å². The maximum absolute atomic E-state index is 5.26. The summed E-state index contributed by atoms with van der Waals surface area (Å²) < 4.78 is 0. The van der Waals surface area contributed by atoms with Crippen LogP contribution in [-0.4, -0.2) is 9.97 Å². The van der Waals surface area contributed by atoms with E-state index in [-0.39, 0.29) is 0 Å². The second-order valence-electron chi connectivity index (χ2n) is 1.45. The summed E-state index contributed by atoms with van der Waals surface area (Å²) in [5, 5.41) is 0. The van der Waals surface area contributed by atoms with Crippen LogP contribution in [0.5, 0.6) is 0 Å². The standard InChI is InChI=1S/C5H6N2S/c6-5(8)4-2-1-3-7-4/h1-3,7H,(H2,6,8). The van der Waals surface area contributed by atoms with Crippen LogP contribution in [0.3, 0.4) is 0 Å². The first-order valence-corrected chi connectivity index (χ1v) is 2.65. The fourth-order valence-electron chi connectivity index (χ4n) is 0.484. The molecule has 42 valence electrons. The molecule has 0 aliphatic heterocycles. The van der Waals surface area contributed by atoms with Crippen molar-refractivity contribution >= 4 is 17.2 Å². The number of aromatic amines is 1. The summed E-state index contributed by atoms with van der Waals surface area (Å²) in [6.07, 6.45) is 1.79. The molecule has 3 heteroatoms. The van der Waals surface area contributed by atoms with Crippen molar-refractivity contribution in [3.05, 3.63) is 24.0 Å².